The number of pyridine rings is 1. The van der Waals surface area contributed by atoms with Gasteiger partial charge in [-0.15, -0.1) is 0 Å². The summed E-state index contributed by atoms with van der Waals surface area (Å²) in [6, 6.07) is 3.10. The number of aromatic nitrogens is 1. The number of carbonyl (C=O) groups is 2. The Balaban J connectivity index is 1.89. The molecule has 1 fully saturated rings. The molecule has 114 valence electrons. The highest BCUT2D eigenvalue weighted by Crippen LogP contribution is 2.29. The highest BCUT2D eigenvalue weighted by atomic mass is 16.4. The van der Waals surface area contributed by atoms with Gasteiger partial charge in [0.15, 0.2) is 0 Å². The first-order valence-corrected chi connectivity index (χ1v) is 7.28. The van der Waals surface area contributed by atoms with Crippen LogP contribution in [-0.2, 0) is 11.3 Å². The molecule has 0 bridgehead atoms. The quantitative estimate of drug-likeness (QED) is 0.755. The van der Waals surface area contributed by atoms with Crippen molar-refractivity contribution in [3.63, 3.8) is 0 Å². The molecule has 1 aliphatic rings. The van der Waals surface area contributed by atoms with Gasteiger partial charge < -0.3 is 16.2 Å². The molecule has 1 amide bonds. The van der Waals surface area contributed by atoms with Gasteiger partial charge in [-0.1, -0.05) is 18.9 Å². The molecule has 0 spiro atoms. The molecule has 1 aromatic rings. The van der Waals surface area contributed by atoms with Crippen LogP contribution in [-0.4, -0.2) is 28.5 Å². The number of nitrogens with one attached hydrogen (secondary N) is 1. The lowest BCUT2D eigenvalue weighted by atomic mass is 9.79. The Morgan fingerprint density at radius 3 is 2.71 bits per heavy atom. The minimum atomic E-state index is -1.06. The molecular weight excluding hydrogens is 270 g/mol. The van der Waals surface area contributed by atoms with Gasteiger partial charge in [0.25, 0.3) is 0 Å². The highest BCUT2D eigenvalue weighted by Gasteiger charge is 2.29. The van der Waals surface area contributed by atoms with E-state index in [0.717, 1.165) is 31.2 Å². The van der Waals surface area contributed by atoms with Crippen LogP contribution in [0.3, 0.4) is 0 Å². The summed E-state index contributed by atoms with van der Waals surface area (Å²) in [5, 5.41) is 11.7. The lowest BCUT2D eigenvalue weighted by Crippen LogP contribution is -2.39. The third-order valence-electron chi connectivity index (χ3n) is 4.06. The predicted octanol–water partition coefficient (Wildman–Crippen LogP) is 1.16. The van der Waals surface area contributed by atoms with Crippen LogP contribution in [0.5, 0.6) is 0 Å². The van der Waals surface area contributed by atoms with Crippen molar-refractivity contribution in [3.05, 3.63) is 29.6 Å². The number of carboxylic acid groups (broad SMARTS) is 1. The third kappa shape index (κ3) is 4.01. The van der Waals surface area contributed by atoms with Crippen molar-refractivity contribution in [2.75, 3.05) is 6.54 Å². The van der Waals surface area contributed by atoms with Gasteiger partial charge in [0, 0.05) is 18.7 Å². The zero-order valence-corrected chi connectivity index (χ0v) is 11.9. The van der Waals surface area contributed by atoms with Gasteiger partial charge in [-0.05, 0) is 36.9 Å². The first-order chi connectivity index (χ1) is 10.1. The van der Waals surface area contributed by atoms with Crippen molar-refractivity contribution in [2.45, 2.75) is 32.2 Å². The summed E-state index contributed by atoms with van der Waals surface area (Å²) in [7, 11) is 0. The van der Waals surface area contributed by atoms with Crippen LogP contribution < -0.4 is 11.1 Å². The van der Waals surface area contributed by atoms with Gasteiger partial charge in [0.2, 0.25) is 5.91 Å². The normalized spacial score (nSPS) is 21.8. The number of aromatic carboxylic acids is 1. The fourth-order valence-corrected chi connectivity index (χ4v) is 2.81. The van der Waals surface area contributed by atoms with Crippen molar-refractivity contribution in [3.8, 4) is 0 Å². The molecule has 0 saturated heterocycles. The lowest BCUT2D eigenvalue weighted by molar-refractivity contribution is -0.127. The zero-order chi connectivity index (χ0) is 15.2. The summed E-state index contributed by atoms with van der Waals surface area (Å²) in [4.78, 5) is 26.8. The number of hydrogen-bond acceptors (Lipinski definition) is 4. The molecule has 6 heteroatoms. The first kappa shape index (κ1) is 15.4. The maximum Gasteiger partial charge on any atom is 0.354 e. The van der Waals surface area contributed by atoms with E-state index in [4.69, 9.17) is 10.8 Å². The van der Waals surface area contributed by atoms with Gasteiger partial charge in [-0.25, -0.2) is 9.78 Å². The van der Waals surface area contributed by atoms with Crippen molar-refractivity contribution < 1.29 is 14.7 Å². The second kappa shape index (κ2) is 7.17. The number of carbonyl (C=O) groups excluding carboxylic acids is 1. The van der Waals surface area contributed by atoms with Gasteiger partial charge >= 0.3 is 5.97 Å². The van der Waals surface area contributed by atoms with Gasteiger partial charge in [-0.2, -0.15) is 0 Å². The van der Waals surface area contributed by atoms with Crippen molar-refractivity contribution >= 4 is 11.9 Å². The molecule has 2 rings (SSSR count). The second-order valence-electron chi connectivity index (χ2n) is 5.46. The van der Waals surface area contributed by atoms with E-state index in [1.165, 1.54) is 12.3 Å². The average Bonchev–Trinajstić information content (AvgIpc) is 2.52. The Kier molecular flexibility index (Phi) is 5.27. The lowest BCUT2D eigenvalue weighted by Gasteiger charge is -2.29. The molecule has 2 unspecified atom stereocenters. The average molecular weight is 291 g/mol. The van der Waals surface area contributed by atoms with E-state index in [2.05, 4.69) is 10.3 Å². The fourth-order valence-electron chi connectivity index (χ4n) is 2.81. The van der Waals surface area contributed by atoms with Crippen LogP contribution in [0, 0.1) is 11.8 Å². The van der Waals surface area contributed by atoms with E-state index in [1.54, 1.807) is 6.07 Å². The van der Waals surface area contributed by atoms with Gasteiger partial charge in [0.05, 0.1) is 0 Å². The largest absolute Gasteiger partial charge is 0.477 e. The van der Waals surface area contributed by atoms with Crippen LogP contribution in [0.25, 0.3) is 0 Å². The smallest absolute Gasteiger partial charge is 0.354 e. The maximum atomic E-state index is 12.2. The van der Waals surface area contributed by atoms with E-state index < -0.39 is 5.97 Å². The van der Waals surface area contributed by atoms with Crippen LogP contribution in [0.2, 0.25) is 0 Å². The Morgan fingerprint density at radius 2 is 2.10 bits per heavy atom. The van der Waals surface area contributed by atoms with Crippen LogP contribution in [0.1, 0.15) is 41.7 Å². The summed E-state index contributed by atoms with van der Waals surface area (Å²) in [6.45, 7) is 0.909. The molecule has 1 heterocycles. The number of rotatable bonds is 5. The molecular formula is C15H21N3O3. The minimum absolute atomic E-state index is 0.000512. The molecule has 6 nitrogen and oxygen atoms in total. The molecule has 2 atom stereocenters. The van der Waals surface area contributed by atoms with E-state index in [1.807, 2.05) is 0 Å². The molecule has 4 N–H and O–H groups in total. The Hall–Kier alpha value is -1.95. The summed E-state index contributed by atoms with van der Waals surface area (Å²) >= 11 is 0. The number of hydrogen-bond donors (Lipinski definition) is 3. The molecule has 1 aliphatic carbocycles. The highest BCUT2D eigenvalue weighted by molar-refractivity contribution is 5.85. The monoisotopic (exact) mass is 291 g/mol. The Labute approximate surface area is 123 Å². The molecule has 0 aromatic carbocycles. The van der Waals surface area contributed by atoms with Crippen LogP contribution in [0.15, 0.2) is 18.3 Å². The van der Waals surface area contributed by atoms with Crippen molar-refractivity contribution in [1.29, 1.82) is 0 Å². The third-order valence-corrected chi connectivity index (χ3v) is 4.06. The number of nitrogens with two attached hydrogens (primary N) is 1. The topological polar surface area (TPSA) is 105 Å². The summed E-state index contributed by atoms with van der Waals surface area (Å²) in [6.07, 6.45) is 5.61. The standard InChI is InChI=1S/C15H21N3O3/c16-7-11-3-1-2-4-12(11)14(19)18-9-10-5-6-13(15(20)21)17-8-10/h5-6,8,11-12H,1-4,7,9,16H2,(H,18,19)(H,20,21). The maximum absolute atomic E-state index is 12.2. The zero-order valence-electron chi connectivity index (χ0n) is 11.9. The predicted molar refractivity (Wildman–Crippen MR) is 77.5 cm³/mol. The molecule has 1 saturated carbocycles. The second-order valence-corrected chi connectivity index (χ2v) is 5.46. The van der Waals surface area contributed by atoms with Gasteiger partial charge in [-0.3, -0.25) is 4.79 Å². The number of amides is 1. The molecule has 21 heavy (non-hydrogen) atoms. The molecule has 0 aliphatic heterocycles. The minimum Gasteiger partial charge on any atom is -0.477 e. The summed E-state index contributed by atoms with van der Waals surface area (Å²) in [5.74, 6) is -0.757. The van der Waals surface area contributed by atoms with Crippen molar-refractivity contribution in [1.82, 2.24) is 10.3 Å². The van der Waals surface area contributed by atoms with Gasteiger partial charge in [0.1, 0.15) is 5.69 Å². The SMILES string of the molecule is NCC1CCCCC1C(=O)NCc1ccc(C(=O)O)nc1. The van der Waals surface area contributed by atoms with E-state index in [0.29, 0.717) is 13.1 Å². The Bertz CT molecular complexity index is 501. The van der Waals surface area contributed by atoms with Crippen LogP contribution in [0.4, 0.5) is 0 Å². The van der Waals surface area contributed by atoms with E-state index >= 15 is 0 Å². The number of nitrogens with zero attached hydrogens (tertiary/aromatic N) is 1. The summed E-state index contributed by atoms with van der Waals surface area (Å²) < 4.78 is 0. The first-order valence-electron chi connectivity index (χ1n) is 7.28. The van der Waals surface area contributed by atoms with E-state index in [-0.39, 0.29) is 23.4 Å². The number of carboxylic acids is 1. The van der Waals surface area contributed by atoms with Crippen molar-refractivity contribution in [2.24, 2.45) is 17.6 Å². The molecule has 0 radical (unpaired) electrons. The summed E-state index contributed by atoms with van der Waals surface area (Å²) in [5.41, 5.74) is 6.52. The Morgan fingerprint density at radius 1 is 1.33 bits per heavy atom. The van der Waals surface area contributed by atoms with E-state index in [9.17, 15) is 9.59 Å². The van der Waals surface area contributed by atoms with Crippen LogP contribution >= 0.6 is 0 Å². The molecule has 1 aromatic heterocycles. The fraction of sp³-hybridized carbons (Fsp3) is 0.533.